The Labute approximate surface area is 115 Å². The van der Waals surface area contributed by atoms with E-state index in [0.29, 0.717) is 6.54 Å². The summed E-state index contributed by atoms with van der Waals surface area (Å²) in [5.74, 6) is 0.865. The van der Waals surface area contributed by atoms with Crippen LogP contribution in [0.4, 0.5) is 0 Å². The second kappa shape index (κ2) is 6.88. The van der Waals surface area contributed by atoms with Crippen LogP contribution in [-0.2, 0) is 10.0 Å². The molecular weight excluding hydrogens is 264 g/mol. The minimum atomic E-state index is -3.16. The highest BCUT2D eigenvalue weighted by molar-refractivity contribution is 7.89. The Kier molecular flexibility index (Phi) is 5.78. The van der Waals surface area contributed by atoms with Crippen molar-refractivity contribution >= 4 is 10.0 Å². The highest BCUT2D eigenvalue weighted by atomic mass is 32.2. The molecule has 1 rings (SSSR count). The van der Waals surface area contributed by atoms with E-state index >= 15 is 0 Å². The predicted molar refractivity (Wildman–Crippen MR) is 77.0 cm³/mol. The van der Waals surface area contributed by atoms with Crippen LogP contribution < -0.4 is 14.8 Å². The fraction of sp³-hybridized carbons (Fsp3) is 0.538. The highest BCUT2D eigenvalue weighted by Gasteiger charge is 2.13. The summed E-state index contributed by atoms with van der Waals surface area (Å²) in [6, 6.07) is 5.98. The molecule has 1 unspecified atom stereocenters. The monoisotopic (exact) mass is 286 g/mol. The Hall–Kier alpha value is -1.11. The number of aryl methyl sites for hydroxylation is 1. The van der Waals surface area contributed by atoms with Gasteiger partial charge in [0, 0.05) is 18.2 Å². The first kappa shape index (κ1) is 15.9. The quantitative estimate of drug-likeness (QED) is 0.790. The first-order chi connectivity index (χ1) is 8.89. The smallest absolute Gasteiger partial charge is 0.212 e. The van der Waals surface area contributed by atoms with Crippen LogP contribution in [-0.4, -0.2) is 34.9 Å². The van der Waals surface area contributed by atoms with Crippen molar-refractivity contribution in [3.05, 3.63) is 29.3 Å². The maximum Gasteiger partial charge on any atom is 0.212 e. The summed E-state index contributed by atoms with van der Waals surface area (Å²) in [6.45, 7) is 4.39. The number of nitrogens with one attached hydrogen (secondary N) is 2. The van der Waals surface area contributed by atoms with E-state index in [1.165, 1.54) is 7.05 Å². The first-order valence-electron chi connectivity index (χ1n) is 6.18. The van der Waals surface area contributed by atoms with E-state index in [-0.39, 0.29) is 11.8 Å². The zero-order valence-corrected chi connectivity index (χ0v) is 12.7. The molecule has 0 aliphatic rings. The van der Waals surface area contributed by atoms with Gasteiger partial charge in [-0.25, -0.2) is 13.1 Å². The number of hydrogen-bond acceptors (Lipinski definition) is 4. The van der Waals surface area contributed by atoms with Gasteiger partial charge in [0.15, 0.2) is 0 Å². The number of benzene rings is 1. The van der Waals surface area contributed by atoms with Gasteiger partial charge in [0.05, 0.1) is 12.9 Å². The minimum Gasteiger partial charge on any atom is -0.496 e. The minimum absolute atomic E-state index is 0.0295. The Morgan fingerprint density at radius 2 is 2.05 bits per heavy atom. The van der Waals surface area contributed by atoms with Gasteiger partial charge in [-0.15, -0.1) is 0 Å². The van der Waals surface area contributed by atoms with Crippen molar-refractivity contribution in [1.82, 2.24) is 10.0 Å². The molecule has 0 aliphatic heterocycles. The molecule has 0 aliphatic carbocycles. The first-order valence-corrected chi connectivity index (χ1v) is 7.84. The van der Waals surface area contributed by atoms with Gasteiger partial charge in [-0.1, -0.05) is 17.7 Å². The molecule has 0 spiro atoms. The molecule has 2 N–H and O–H groups in total. The lowest BCUT2D eigenvalue weighted by molar-refractivity contribution is 0.402. The van der Waals surface area contributed by atoms with Gasteiger partial charge in [-0.3, -0.25) is 0 Å². The topological polar surface area (TPSA) is 67.4 Å². The fourth-order valence-electron chi connectivity index (χ4n) is 1.81. The second-order valence-corrected chi connectivity index (χ2v) is 6.49. The average Bonchev–Trinajstić information content (AvgIpc) is 2.38. The third kappa shape index (κ3) is 4.81. The van der Waals surface area contributed by atoms with Crippen molar-refractivity contribution in [1.29, 1.82) is 0 Å². The molecule has 19 heavy (non-hydrogen) atoms. The van der Waals surface area contributed by atoms with Gasteiger partial charge >= 0.3 is 0 Å². The van der Waals surface area contributed by atoms with Crippen LogP contribution in [0.25, 0.3) is 0 Å². The van der Waals surface area contributed by atoms with Crippen molar-refractivity contribution in [2.75, 3.05) is 26.5 Å². The molecule has 0 amide bonds. The second-order valence-electron chi connectivity index (χ2n) is 4.44. The number of sulfonamides is 1. The summed E-state index contributed by atoms with van der Waals surface area (Å²) in [4.78, 5) is 0. The molecule has 108 valence electrons. The highest BCUT2D eigenvalue weighted by Crippen LogP contribution is 2.25. The summed E-state index contributed by atoms with van der Waals surface area (Å²) in [6.07, 6.45) is 0. The number of rotatable bonds is 7. The molecule has 1 atom stereocenters. The molecular formula is C13H22N2O3S. The summed E-state index contributed by atoms with van der Waals surface area (Å²) < 4.78 is 30.3. The van der Waals surface area contributed by atoms with Crippen LogP contribution in [0.2, 0.25) is 0 Å². The number of hydrogen-bond donors (Lipinski definition) is 2. The molecule has 6 heteroatoms. The largest absolute Gasteiger partial charge is 0.496 e. The van der Waals surface area contributed by atoms with Gasteiger partial charge in [0.2, 0.25) is 10.0 Å². The van der Waals surface area contributed by atoms with Crippen molar-refractivity contribution in [2.24, 2.45) is 0 Å². The van der Waals surface area contributed by atoms with Gasteiger partial charge < -0.3 is 10.1 Å². The van der Waals surface area contributed by atoms with Crippen LogP contribution in [0.1, 0.15) is 24.1 Å². The third-order valence-electron chi connectivity index (χ3n) is 2.98. The van der Waals surface area contributed by atoms with Gasteiger partial charge in [0.1, 0.15) is 5.75 Å². The van der Waals surface area contributed by atoms with Gasteiger partial charge in [-0.2, -0.15) is 0 Å². The molecule has 1 aromatic rings. The van der Waals surface area contributed by atoms with Crippen LogP contribution in [0.15, 0.2) is 18.2 Å². The Bertz CT molecular complexity index is 515. The molecule has 0 fully saturated rings. The zero-order valence-electron chi connectivity index (χ0n) is 11.9. The summed E-state index contributed by atoms with van der Waals surface area (Å²) in [5.41, 5.74) is 2.18. The Balaban J connectivity index is 2.68. The van der Waals surface area contributed by atoms with E-state index in [4.69, 9.17) is 4.74 Å². The molecule has 1 aromatic carbocycles. The van der Waals surface area contributed by atoms with Crippen LogP contribution in [0.3, 0.4) is 0 Å². The molecule has 0 saturated heterocycles. The lowest BCUT2D eigenvalue weighted by atomic mass is 10.0. The Morgan fingerprint density at radius 1 is 1.37 bits per heavy atom. The average molecular weight is 286 g/mol. The Morgan fingerprint density at radius 3 is 2.63 bits per heavy atom. The van der Waals surface area contributed by atoms with Gasteiger partial charge in [-0.05, 0) is 27.0 Å². The lowest BCUT2D eigenvalue weighted by Crippen LogP contribution is -2.31. The van der Waals surface area contributed by atoms with E-state index in [1.807, 2.05) is 32.0 Å². The van der Waals surface area contributed by atoms with Crippen molar-refractivity contribution < 1.29 is 13.2 Å². The van der Waals surface area contributed by atoms with Crippen molar-refractivity contribution in [3.8, 4) is 5.75 Å². The molecule has 0 bridgehead atoms. The molecule has 5 nitrogen and oxygen atoms in total. The summed E-state index contributed by atoms with van der Waals surface area (Å²) in [5, 5.41) is 3.19. The SMILES string of the molecule is CNS(=O)(=O)CCNC(C)c1cc(C)ccc1OC. The maximum atomic E-state index is 11.3. The van der Waals surface area contributed by atoms with Crippen LogP contribution >= 0.6 is 0 Å². The summed E-state index contributed by atoms with van der Waals surface area (Å²) >= 11 is 0. The molecule has 0 heterocycles. The lowest BCUT2D eigenvalue weighted by Gasteiger charge is -2.18. The number of methoxy groups -OCH3 is 1. The molecule has 0 radical (unpaired) electrons. The van der Waals surface area contributed by atoms with Crippen LogP contribution in [0.5, 0.6) is 5.75 Å². The van der Waals surface area contributed by atoms with E-state index in [9.17, 15) is 8.42 Å². The van der Waals surface area contributed by atoms with E-state index < -0.39 is 10.0 Å². The molecule has 0 aromatic heterocycles. The fourth-order valence-corrected chi connectivity index (χ4v) is 2.40. The zero-order chi connectivity index (χ0) is 14.5. The van der Waals surface area contributed by atoms with Gasteiger partial charge in [0.25, 0.3) is 0 Å². The van der Waals surface area contributed by atoms with E-state index in [2.05, 4.69) is 10.0 Å². The predicted octanol–water partition coefficient (Wildman–Crippen LogP) is 1.20. The number of ether oxygens (including phenoxy) is 1. The summed E-state index contributed by atoms with van der Waals surface area (Å²) in [7, 11) is -0.115. The van der Waals surface area contributed by atoms with E-state index in [0.717, 1.165) is 16.9 Å². The van der Waals surface area contributed by atoms with Crippen molar-refractivity contribution in [3.63, 3.8) is 0 Å². The van der Waals surface area contributed by atoms with Crippen LogP contribution in [0, 0.1) is 6.92 Å². The normalized spacial score (nSPS) is 13.3. The standard InChI is InChI=1S/C13H22N2O3S/c1-10-5-6-13(18-4)12(9-10)11(2)15-7-8-19(16,17)14-3/h5-6,9,11,14-15H,7-8H2,1-4H3. The maximum absolute atomic E-state index is 11.3. The third-order valence-corrected chi connectivity index (χ3v) is 4.35. The molecule has 0 saturated carbocycles. The van der Waals surface area contributed by atoms with E-state index in [1.54, 1.807) is 7.11 Å². The van der Waals surface area contributed by atoms with Crippen molar-refractivity contribution in [2.45, 2.75) is 19.9 Å².